The van der Waals surface area contributed by atoms with E-state index >= 15 is 0 Å². The Morgan fingerprint density at radius 1 is 1.42 bits per heavy atom. The molecule has 0 aliphatic carbocycles. The molecular weight excluding hydrogens is 234 g/mol. The molecule has 1 N–H and O–H groups in total. The summed E-state index contributed by atoms with van der Waals surface area (Å²) in [5.74, 6) is 0. The fourth-order valence-electron chi connectivity index (χ4n) is 2.89. The van der Waals surface area contributed by atoms with E-state index in [-0.39, 0.29) is 11.6 Å². The maximum absolute atomic E-state index is 8.88. The van der Waals surface area contributed by atoms with Crippen LogP contribution in [0.3, 0.4) is 0 Å². The molecule has 1 fully saturated rings. The van der Waals surface area contributed by atoms with Crippen LogP contribution in [0.4, 0.5) is 0 Å². The van der Waals surface area contributed by atoms with Crippen LogP contribution in [-0.4, -0.2) is 29.6 Å². The first kappa shape index (κ1) is 14.0. The van der Waals surface area contributed by atoms with E-state index < -0.39 is 0 Å². The molecule has 0 aromatic heterocycles. The number of benzene rings is 1. The summed E-state index contributed by atoms with van der Waals surface area (Å²) in [4.78, 5) is 2.51. The van der Waals surface area contributed by atoms with Gasteiger partial charge in [0.05, 0.1) is 12.5 Å². The normalized spacial score (nSPS) is 24.6. The summed E-state index contributed by atoms with van der Waals surface area (Å²) in [5, 5.41) is 12.4. The minimum absolute atomic E-state index is 0.112. The van der Waals surface area contributed by atoms with Gasteiger partial charge in [-0.15, -0.1) is 0 Å². The van der Waals surface area contributed by atoms with Crippen LogP contribution in [-0.2, 0) is 0 Å². The van der Waals surface area contributed by atoms with Crippen molar-refractivity contribution < 1.29 is 0 Å². The van der Waals surface area contributed by atoms with Crippen molar-refractivity contribution in [3.8, 4) is 6.07 Å². The van der Waals surface area contributed by atoms with Gasteiger partial charge < -0.3 is 5.32 Å². The summed E-state index contributed by atoms with van der Waals surface area (Å²) >= 11 is 0. The van der Waals surface area contributed by atoms with Gasteiger partial charge >= 0.3 is 0 Å². The Bertz CT molecular complexity index is 447. The second kappa shape index (κ2) is 5.73. The van der Waals surface area contributed by atoms with E-state index in [1.165, 1.54) is 5.56 Å². The highest BCUT2D eigenvalue weighted by atomic mass is 15.3. The molecule has 1 aromatic carbocycles. The van der Waals surface area contributed by atoms with E-state index in [4.69, 9.17) is 5.26 Å². The topological polar surface area (TPSA) is 39.1 Å². The standard InChI is InChI=1S/C16H23N3/c1-13(14-7-5-4-6-8-14)19-11-15(9-10-17)18-12-16(19,2)3/h4-8,13,15,18H,9,11-12H2,1-3H3. The summed E-state index contributed by atoms with van der Waals surface area (Å²) in [5.41, 5.74) is 1.45. The van der Waals surface area contributed by atoms with Crippen LogP contribution >= 0.6 is 0 Å². The van der Waals surface area contributed by atoms with Gasteiger partial charge in [-0.2, -0.15) is 5.26 Å². The lowest BCUT2D eigenvalue weighted by atomic mass is 9.92. The Kier molecular flexibility index (Phi) is 4.24. The van der Waals surface area contributed by atoms with Crippen LogP contribution in [0.15, 0.2) is 30.3 Å². The molecule has 1 aliphatic heterocycles. The van der Waals surface area contributed by atoms with Crippen molar-refractivity contribution in [3.63, 3.8) is 0 Å². The molecular formula is C16H23N3. The van der Waals surface area contributed by atoms with Gasteiger partial charge in [-0.3, -0.25) is 4.90 Å². The van der Waals surface area contributed by atoms with Crippen molar-refractivity contribution >= 4 is 0 Å². The van der Waals surface area contributed by atoms with E-state index in [0.29, 0.717) is 12.5 Å². The molecule has 1 saturated heterocycles. The highest BCUT2D eigenvalue weighted by Gasteiger charge is 2.36. The third-order valence-corrected chi connectivity index (χ3v) is 4.11. The van der Waals surface area contributed by atoms with Crippen molar-refractivity contribution in [1.82, 2.24) is 10.2 Å². The van der Waals surface area contributed by atoms with Crippen molar-refractivity contribution in [2.24, 2.45) is 0 Å². The number of hydrogen-bond donors (Lipinski definition) is 1. The minimum Gasteiger partial charge on any atom is -0.310 e. The molecule has 0 amide bonds. The van der Waals surface area contributed by atoms with Gasteiger partial charge in [0.2, 0.25) is 0 Å². The molecule has 2 unspecified atom stereocenters. The molecule has 19 heavy (non-hydrogen) atoms. The molecule has 1 aromatic rings. The molecule has 0 radical (unpaired) electrons. The van der Waals surface area contributed by atoms with Crippen LogP contribution < -0.4 is 5.32 Å². The first-order valence-corrected chi connectivity index (χ1v) is 6.96. The summed E-state index contributed by atoms with van der Waals surface area (Å²) in [6, 6.07) is 13.5. The van der Waals surface area contributed by atoms with Gasteiger partial charge in [0, 0.05) is 30.7 Å². The lowest BCUT2D eigenvalue weighted by Gasteiger charge is -2.49. The fourth-order valence-corrected chi connectivity index (χ4v) is 2.89. The number of hydrogen-bond acceptors (Lipinski definition) is 3. The molecule has 3 nitrogen and oxygen atoms in total. The van der Waals surface area contributed by atoms with E-state index in [0.717, 1.165) is 13.1 Å². The molecule has 0 spiro atoms. The number of piperazine rings is 1. The summed E-state index contributed by atoms with van der Waals surface area (Å²) < 4.78 is 0. The second-order valence-corrected chi connectivity index (χ2v) is 5.99. The zero-order valence-corrected chi connectivity index (χ0v) is 12.1. The lowest BCUT2D eigenvalue weighted by Crippen LogP contribution is -2.62. The first-order valence-electron chi connectivity index (χ1n) is 6.96. The summed E-state index contributed by atoms with van der Waals surface area (Å²) in [6.07, 6.45) is 0.577. The third-order valence-electron chi connectivity index (χ3n) is 4.11. The third kappa shape index (κ3) is 3.15. The zero-order chi connectivity index (χ0) is 13.9. The Morgan fingerprint density at radius 2 is 2.11 bits per heavy atom. The van der Waals surface area contributed by atoms with Gasteiger partial charge in [-0.25, -0.2) is 0 Å². The van der Waals surface area contributed by atoms with Crippen LogP contribution in [0.1, 0.15) is 38.8 Å². The maximum atomic E-state index is 8.88. The number of rotatable bonds is 3. The highest BCUT2D eigenvalue weighted by Crippen LogP contribution is 2.30. The molecule has 2 rings (SSSR count). The Labute approximate surface area is 116 Å². The number of nitrogens with zero attached hydrogens (tertiary/aromatic N) is 2. The Balaban J connectivity index is 2.17. The number of nitriles is 1. The van der Waals surface area contributed by atoms with Crippen LogP contribution in [0, 0.1) is 11.3 Å². The van der Waals surface area contributed by atoms with Gasteiger partial charge in [0.25, 0.3) is 0 Å². The lowest BCUT2D eigenvalue weighted by molar-refractivity contribution is 0.0314. The van der Waals surface area contributed by atoms with E-state index in [9.17, 15) is 0 Å². The SMILES string of the molecule is CC(c1ccccc1)N1CC(CC#N)NCC1(C)C. The monoisotopic (exact) mass is 257 g/mol. The molecule has 1 aliphatic rings. The van der Waals surface area contributed by atoms with E-state index in [1.807, 2.05) is 0 Å². The van der Waals surface area contributed by atoms with E-state index in [1.54, 1.807) is 0 Å². The van der Waals surface area contributed by atoms with Crippen molar-refractivity contribution in [3.05, 3.63) is 35.9 Å². The molecule has 0 saturated carbocycles. The molecule has 2 atom stereocenters. The van der Waals surface area contributed by atoms with Crippen molar-refractivity contribution in [1.29, 1.82) is 5.26 Å². The largest absolute Gasteiger partial charge is 0.310 e. The van der Waals surface area contributed by atoms with Crippen molar-refractivity contribution in [2.75, 3.05) is 13.1 Å². The predicted octanol–water partition coefficient (Wildman–Crippen LogP) is 2.71. The van der Waals surface area contributed by atoms with Gasteiger partial charge in [-0.1, -0.05) is 30.3 Å². The Hall–Kier alpha value is -1.37. The van der Waals surface area contributed by atoms with Crippen LogP contribution in [0.5, 0.6) is 0 Å². The first-order chi connectivity index (χ1) is 9.04. The second-order valence-electron chi connectivity index (χ2n) is 5.99. The Morgan fingerprint density at radius 3 is 2.74 bits per heavy atom. The van der Waals surface area contributed by atoms with Crippen LogP contribution in [0.2, 0.25) is 0 Å². The minimum atomic E-state index is 0.112. The van der Waals surface area contributed by atoms with Gasteiger partial charge in [0.15, 0.2) is 0 Å². The smallest absolute Gasteiger partial charge is 0.0638 e. The van der Waals surface area contributed by atoms with E-state index in [2.05, 4.69) is 67.4 Å². The number of nitrogens with one attached hydrogen (secondary N) is 1. The van der Waals surface area contributed by atoms with Crippen molar-refractivity contribution in [2.45, 2.75) is 44.8 Å². The predicted molar refractivity (Wildman–Crippen MR) is 77.7 cm³/mol. The molecule has 102 valence electrons. The average Bonchev–Trinajstić information content (AvgIpc) is 2.41. The summed E-state index contributed by atoms with van der Waals surface area (Å²) in [6.45, 7) is 8.64. The van der Waals surface area contributed by atoms with Gasteiger partial charge in [0.1, 0.15) is 0 Å². The summed E-state index contributed by atoms with van der Waals surface area (Å²) in [7, 11) is 0. The quantitative estimate of drug-likeness (QED) is 0.905. The zero-order valence-electron chi connectivity index (χ0n) is 12.1. The fraction of sp³-hybridized carbons (Fsp3) is 0.562. The maximum Gasteiger partial charge on any atom is 0.0638 e. The molecule has 1 heterocycles. The van der Waals surface area contributed by atoms with Gasteiger partial charge in [-0.05, 0) is 26.3 Å². The molecule has 0 bridgehead atoms. The van der Waals surface area contributed by atoms with Crippen LogP contribution in [0.25, 0.3) is 0 Å². The molecule has 3 heteroatoms. The highest BCUT2D eigenvalue weighted by molar-refractivity contribution is 5.19. The average molecular weight is 257 g/mol.